The molecule has 0 bridgehead atoms. The number of carboxylic acid groups (broad SMARTS) is 1. The highest BCUT2D eigenvalue weighted by Gasteiger charge is 2.06. The predicted molar refractivity (Wildman–Crippen MR) is 104 cm³/mol. The third kappa shape index (κ3) is 5.32. The zero-order valence-corrected chi connectivity index (χ0v) is 15.5. The molecule has 0 aliphatic heterocycles. The van der Waals surface area contributed by atoms with E-state index in [9.17, 15) is 4.79 Å². The molecule has 0 aliphatic rings. The smallest absolute Gasteiger partial charge is 0.341 e. The van der Waals surface area contributed by atoms with Gasteiger partial charge in [0.15, 0.2) is 6.61 Å². The van der Waals surface area contributed by atoms with E-state index in [4.69, 9.17) is 9.84 Å². The first-order chi connectivity index (χ1) is 13.1. The van der Waals surface area contributed by atoms with E-state index in [1.165, 1.54) is 6.21 Å². The normalized spacial score (nSPS) is 10.7. The summed E-state index contributed by atoms with van der Waals surface area (Å²) in [4.78, 5) is 15.1. The summed E-state index contributed by atoms with van der Waals surface area (Å²) < 4.78 is 6.05. The molecule has 2 N–H and O–H groups in total. The molecule has 1 heterocycles. The maximum atomic E-state index is 10.7. The number of aromatic nitrogens is 3. The van der Waals surface area contributed by atoms with E-state index in [0.29, 0.717) is 17.0 Å². The summed E-state index contributed by atoms with van der Waals surface area (Å²) in [6.45, 7) is -0.442. The van der Waals surface area contributed by atoms with E-state index >= 15 is 0 Å². The fourth-order valence-electron chi connectivity index (χ4n) is 2.15. The van der Waals surface area contributed by atoms with Gasteiger partial charge in [0.05, 0.1) is 18.1 Å². The van der Waals surface area contributed by atoms with Gasteiger partial charge in [0.25, 0.3) is 5.95 Å². The van der Waals surface area contributed by atoms with Crippen LogP contribution in [-0.4, -0.2) is 39.1 Å². The Kier molecular flexibility index (Phi) is 6.06. The average Bonchev–Trinajstić information content (AvgIpc) is 2.68. The van der Waals surface area contributed by atoms with Gasteiger partial charge in [0.2, 0.25) is 0 Å². The van der Waals surface area contributed by atoms with Crippen LogP contribution in [0.3, 0.4) is 0 Å². The molecule has 0 atom stereocenters. The first-order valence-corrected chi connectivity index (χ1v) is 8.59. The van der Waals surface area contributed by atoms with Crippen LogP contribution in [0.1, 0.15) is 5.56 Å². The Balaban J connectivity index is 1.74. The van der Waals surface area contributed by atoms with Gasteiger partial charge in [0, 0.05) is 15.6 Å². The molecule has 3 aromatic rings. The fourth-order valence-corrected chi connectivity index (χ4v) is 2.53. The van der Waals surface area contributed by atoms with Crippen LogP contribution < -0.4 is 10.2 Å². The standard InChI is InChI=1S/C18H14BrN5O3/c19-14-6-7-16(27-11-17(25)26)13(8-14)9-20-23-18-22-15(10-21-24-18)12-4-2-1-3-5-12/h1-10H,11H2,(H,25,26)(H,22,23,24)/b20-9-. The van der Waals surface area contributed by atoms with E-state index in [2.05, 4.69) is 41.6 Å². The Hall–Kier alpha value is -3.33. The summed E-state index contributed by atoms with van der Waals surface area (Å²) in [6.07, 6.45) is 3.05. The Morgan fingerprint density at radius 1 is 1.26 bits per heavy atom. The molecule has 1 aromatic heterocycles. The third-order valence-electron chi connectivity index (χ3n) is 3.32. The number of carbonyl (C=O) groups is 1. The van der Waals surface area contributed by atoms with Gasteiger partial charge in [-0.2, -0.15) is 10.2 Å². The quantitative estimate of drug-likeness (QED) is 0.439. The second kappa shape index (κ2) is 8.86. The van der Waals surface area contributed by atoms with Gasteiger partial charge in [-0.3, -0.25) is 0 Å². The van der Waals surface area contributed by atoms with Crippen molar-refractivity contribution in [3.05, 3.63) is 64.8 Å². The Morgan fingerprint density at radius 3 is 2.85 bits per heavy atom. The molecule has 0 unspecified atom stereocenters. The number of anilines is 1. The van der Waals surface area contributed by atoms with Crippen LogP contribution in [0, 0.1) is 0 Å². The number of nitrogens with one attached hydrogen (secondary N) is 1. The Labute approximate surface area is 163 Å². The molecule has 0 spiro atoms. The van der Waals surface area contributed by atoms with E-state index in [0.717, 1.165) is 10.0 Å². The number of nitrogens with zero attached hydrogens (tertiary/aromatic N) is 4. The Morgan fingerprint density at radius 2 is 2.07 bits per heavy atom. The van der Waals surface area contributed by atoms with Crippen molar-refractivity contribution >= 4 is 34.1 Å². The largest absolute Gasteiger partial charge is 0.481 e. The van der Waals surface area contributed by atoms with Gasteiger partial charge in [-0.15, -0.1) is 5.10 Å². The van der Waals surface area contributed by atoms with E-state index in [1.807, 2.05) is 30.3 Å². The molecule has 2 aromatic carbocycles. The van der Waals surface area contributed by atoms with Gasteiger partial charge in [-0.05, 0) is 18.2 Å². The zero-order chi connectivity index (χ0) is 19.1. The van der Waals surface area contributed by atoms with Crippen LogP contribution >= 0.6 is 15.9 Å². The van der Waals surface area contributed by atoms with Crippen molar-refractivity contribution < 1.29 is 14.6 Å². The summed E-state index contributed by atoms with van der Waals surface area (Å²) in [5, 5.41) is 20.7. The lowest BCUT2D eigenvalue weighted by Crippen LogP contribution is -2.10. The van der Waals surface area contributed by atoms with Crippen molar-refractivity contribution in [2.75, 3.05) is 12.0 Å². The SMILES string of the molecule is O=C(O)COc1ccc(Br)cc1/C=N\Nc1nncc(-c2ccccc2)n1. The predicted octanol–water partition coefficient (Wildman–Crippen LogP) is 3.21. The van der Waals surface area contributed by atoms with Crippen molar-refractivity contribution in [3.63, 3.8) is 0 Å². The molecule has 0 fully saturated rings. The molecule has 0 saturated heterocycles. The minimum absolute atomic E-state index is 0.232. The lowest BCUT2D eigenvalue weighted by Gasteiger charge is -2.07. The zero-order valence-electron chi connectivity index (χ0n) is 13.9. The number of hydrazone groups is 1. The maximum Gasteiger partial charge on any atom is 0.341 e. The van der Waals surface area contributed by atoms with E-state index in [-0.39, 0.29) is 5.95 Å². The number of halogens is 1. The van der Waals surface area contributed by atoms with Crippen LogP contribution in [0.25, 0.3) is 11.3 Å². The van der Waals surface area contributed by atoms with Crippen LogP contribution in [-0.2, 0) is 4.79 Å². The number of hydrogen-bond donors (Lipinski definition) is 2. The molecule has 27 heavy (non-hydrogen) atoms. The summed E-state index contributed by atoms with van der Waals surface area (Å²) in [5.41, 5.74) is 4.88. The second-order valence-corrected chi connectivity index (χ2v) is 6.18. The highest BCUT2D eigenvalue weighted by molar-refractivity contribution is 9.10. The minimum Gasteiger partial charge on any atom is -0.481 e. The number of ether oxygens (including phenoxy) is 1. The molecule has 0 amide bonds. The second-order valence-electron chi connectivity index (χ2n) is 5.27. The molecule has 8 nitrogen and oxygen atoms in total. The van der Waals surface area contributed by atoms with Gasteiger partial charge < -0.3 is 9.84 Å². The third-order valence-corrected chi connectivity index (χ3v) is 3.81. The van der Waals surface area contributed by atoms with Gasteiger partial charge in [-0.1, -0.05) is 46.3 Å². The topological polar surface area (TPSA) is 110 Å². The highest BCUT2D eigenvalue weighted by Crippen LogP contribution is 2.22. The molecule has 9 heteroatoms. The maximum absolute atomic E-state index is 10.7. The van der Waals surface area contributed by atoms with Crippen molar-refractivity contribution in [2.24, 2.45) is 5.10 Å². The Bertz CT molecular complexity index is 966. The molecule has 0 saturated carbocycles. The summed E-state index contributed by atoms with van der Waals surface area (Å²) >= 11 is 3.36. The van der Waals surface area contributed by atoms with Crippen molar-refractivity contribution in [2.45, 2.75) is 0 Å². The first kappa shape index (κ1) is 18.5. The molecule has 3 rings (SSSR count). The highest BCUT2D eigenvalue weighted by atomic mass is 79.9. The molecule has 0 aliphatic carbocycles. The number of hydrogen-bond acceptors (Lipinski definition) is 7. The van der Waals surface area contributed by atoms with E-state index < -0.39 is 12.6 Å². The van der Waals surface area contributed by atoms with Crippen molar-refractivity contribution in [1.82, 2.24) is 15.2 Å². The molecule has 0 radical (unpaired) electrons. The van der Waals surface area contributed by atoms with Crippen molar-refractivity contribution in [3.8, 4) is 17.0 Å². The van der Waals surface area contributed by atoms with Crippen LogP contribution in [0.5, 0.6) is 5.75 Å². The summed E-state index contributed by atoms with van der Waals surface area (Å²) in [5.74, 6) is -0.435. The van der Waals surface area contributed by atoms with Gasteiger partial charge in [0.1, 0.15) is 5.75 Å². The monoisotopic (exact) mass is 427 g/mol. The number of benzene rings is 2. The first-order valence-electron chi connectivity index (χ1n) is 7.80. The number of carboxylic acids is 1. The van der Waals surface area contributed by atoms with Gasteiger partial charge in [-0.25, -0.2) is 15.2 Å². The molecular formula is C18H14BrN5O3. The van der Waals surface area contributed by atoms with Gasteiger partial charge >= 0.3 is 5.97 Å². The van der Waals surface area contributed by atoms with Crippen LogP contribution in [0.15, 0.2) is 64.3 Å². The number of rotatable bonds is 7. The van der Waals surface area contributed by atoms with Crippen LogP contribution in [0.4, 0.5) is 5.95 Å². The van der Waals surface area contributed by atoms with Crippen LogP contribution in [0.2, 0.25) is 0 Å². The summed E-state index contributed by atoms with van der Waals surface area (Å²) in [7, 11) is 0. The minimum atomic E-state index is -1.06. The van der Waals surface area contributed by atoms with Crippen molar-refractivity contribution in [1.29, 1.82) is 0 Å². The molecular weight excluding hydrogens is 414 g/mol. The molecule has 136 valence electrons. The number of aliphatic carboxylic acids is 1. The summed E-state index contributed by atoms with van der Waals surface area (Å²) in [6, 6.07) is 14.7. The lowest BCUT2D eigenvalue weighted by atomic mass is 10.2. The average molecular weight is 428 g/mol. The van der Waals surface area contributed by atoms with E-state index in [1.54, 1.807) is 24.4 Å². The lowest BCUT2D eigenvalue weighted by molar-refractivity contribution is -0.139. The fraction of sp³-hybridized carbons (Fsp3) is 0.0556.